The molecule has 5 heteroatoms. The van der Waals surface area contributed by atoms with E-state index in [4.69, 9.17) is 9.47 Å². The first-order chi connectivity index (χ1) is 8.79. The van der Waals surface area contributed by atoms with E-state index in [2.05, 4.69) is 9.97 Å². The van der Waals surface area contributed by atoms with E-state index < -0.39 is 11.2 Å². The standard InChI is InChI=1S/C13H16N2O3/c16-10-12(11-9-14-5-6-15-11)1-3-13(4-2-12)17-7-8-18-13/h5-6,9-10H,1-4,7-8H2. The lowest BCUT2D eigenvalue weighted by Gasteiger charge is -2.40. The van der Waals surface area contributed by atoms with Crippen LogP contribution in [-0.2, 0) is 19.7 Å². The molecule has 1 aliphatic carbocycles. The first-order valence-corrected chi connectivity index (χ1v) is 6.29. The molecule has 0 radical (unpaired) electrons. The largest absolute Gasteiger partial charge is 0.348 e. The molecule has 0 atom stereocenters. The van der Waals surface area contributed by atoms with E-state index in [0.717, 1.165) is 24.8 Å². The van der Waals surface area contributed by atoms with Gasteiger partial charge in [-0.15, -0.1) is 0 Å². The number of ether oxygens (including phenoxy) is 2. The summed E-state index contributed by atoms with van der Waals surface area (Å²) in [5.74, 6) is -0.450. The second-order valence-corrected chi connectivity index (χ2v) is 4.97. The van der Waals surface area contributed by atoms with Crippen molar-refractivity contribution in [1.82, 2.24) is 9.97 Å². The first kappa shape index (κ1) is 11.7. The third-order valence-corrected chi connectivity index (χ3v) is 4.02. The quantitative estimate of drug-likeness (QED) is 0.737. The van der Waals surface area contributed by atoms with E-state index in [0.29, 0.717) is 26.1 Å². The van der Waals surface area contributed by atoms with Crippen molar-refractivity contribution in [2.45, 2.75) is 36.9 Å². The summed E-state index contributed by atoms with van der Waals surface area (Å²) >= 11 is 0. The van der Waals surface area contributed by atoms with Gasteiger partial charge in [0.05, 0.1) is 24.3 Å². The van der Waals surface area contributed by atoms with Gasteiger partial charge in [0.1, 0.15) is 6.29 Å². The lowest BCUT2D eigenvalue weighted by molar-refractivity contribution is -0.184. The summed E-state index contributed by atoms with van der Waals surface area (Å²) in [5.41, 5.74) is 0.238. The Hall–Kier alpha value is -1.33. The highest BCUT2D eigenvalue weighted by Crippen LogP contribution is 2.44. The molecular formula is C13H16N2O3. The second kappa shape index (κ2) is 4.40. The molecule has 96 valence electrons. The van der Waals surface area contributed by atoms with Gasteiger partial charge in [-0.2, -0.15) is 0 Å². The average Bonchev–Trinajstić information content (AvgIpc) is 2.90. The van der Waals surface area contributed by atoms with Gasteiger partial charge in [-0.1, -0.05) is 0 Å². The molecule has 1 saturated heterocycles. The lowest BCUT2D eigenvalue weighted by Crippen LogP contribution is -2.43. The molecule has 5 nitrogen and oxygen atoms in total. The van der Waals surface area contributed by atoms with E-state index >= 15 is 0 Å². The number of carbonyl (C=O) groups excluding carboxylic acids is 1. The van der Waals surface area contributed by atoms with Crippen LogP contribution in [0.5, 0.6) is 0 Å². The minimum absolute atomic E-state index is 0.450. The van der Waals surface area contributed by atoms with Crippen molar-refractivity contribution in [1.29, 1.82) is 0 Å². The number of aldehydes is 1. The summed E-state index contributed by atoms with van der Waals surface area (Å²) in [7, 11) is 0. The molecule has 2 fully saturated rings. The van der Waals surface area contributed by atoms with Crippen LogP contribution in [0.25, 0.3) is 0 Å². The molecule has 0 N–H and O–H groups in total. The number of rotatable bonds is 2. The maximum atomic E-state index is 11.5. The van der Waals surface area contributed by atoms with Crippen LogP contribution in [0.3, 0.4) is 0 Å². The molecule has 2 heterocycles. The zero-order valence-corrected chi connectivity index (χ0v) is 10.2. The molecule has 18 heavy (non-hydrogen) atoms. The molecule has 0 amide bonds. The fourth-order valence-electron chi connectivity index (χ4n) is 2.85. The average molecular weight is 248 g/mol. The van der Waals surface area contributed by atoms with Crippen molar-refractivity contribution >= 4 is 6.29 Å². The Kier molecular flexibility index (Phi) is 2.87. The zero-order chi connectivity index (χ0) is 12.5. The molecule has 1 aromatic heterocycles. The molecule has 0 unspecified atom stereocenters. The topological polar surface area (TPSA) is 61.3 Å². The third kappa shape index (κ3) is 1.83. The van der Waals surface area contributed by atoms with Gasteiger partial charge in [0, 0.05) is 31.4 Å². The smallest absolute Gasteiger partial charge is 0.168 e. The Balaban J connectivity index is 1.82. The fourth-order valence-corrected chi connectivity index (χ4v) is 2.85. The Morgan fingerprint density at radius 2 is 1.83 bits per heavy atom. The van der Waals surface area contributed by atoms with Crippen molar-refractivity contribution in [2.75, 3.05) is 13.2 Å². The van der Waals surface area contributed by atoms with E-state index in [1.54, 1.807) is 18.6 Å². The summed E-state index contributed by atoms with van der Waals surface area (Å²) in [4.78, 5) is 19.9. The van der Waals surface area contributed by atoms with Crippen molar-refractivity contribution in [3.8, 4) is 0 Å². The first-order valence-electron chi connectivity index (χ1n) is 6.29. The van der Waals surface area contributed by atoms with Gasteiger partial charge < -0.3 is 14.3 Å². The number of aromatic nitrogens is 2. The maximum absolute atomic E-state index is 11.5. The van der Waals surface area contributed by atoms with Gasteiger partial charge in [0.2, 0.25) is 0 Å². The predicted molar refractivity (Wildman–Crippen MR) is 62.9 cm³/mol. The number of hydrogen-bond donors (Lipinski definition) is 0. The van der Waals surface area contributed by atoms with Crippen LogP contribution >= 0.6 is 0 Å². The van der Waals surface area contributed by atoms with Gasteiger partial charge in [0.15, 0.2) is 5.79 Å². The molecule has 1 aromatic rings. The normalized spacial score (nSPS) is 25.1. The summed E-state index contributed by atoms with van der Waals surface area (Å²) in [5, 5.41) is 0. The van der Waals surface area contributed by atoms with E-state index in [1.165, 1.54) is 0 Å². The van der Waals surface area contributed by atoms with Gasteiger partial charge in [-0.3, -0.25) is 9.97 Å². The fraction of sp³-hybridized carbons (Fsp3) is 0.615. The SMILES string of the molecule is O=CC1(c2cnccn2)CCC2(CC1)OCCO2. The Labute approximate surface area is 106 Å². The van der Waals surface area contributed by atoms with Crippen LogP contribution in [0.15, 0.2) is 18.6 Å². The van der Waals surface area contributed by atoms with Crippen LogP contribution in [0, 0.1) is 0 Å². The predicted octanol–water partition coefficient (Wildman–Crippen LogP) is 1.23. The second-order valence-electron chi connectivity index (χ2n) is 4.97. The van der Waals surface area contributed by atoms with E-state index in [9.17, 15) is 4.79 Å². The molecule has 1 aliphatic heterocycles. The highest BCUT2D eigenvalue weighted by molar-refractivity contribution is 5.67. The van der Waals surface area contributed by atoms with Gasteiger partial charge >= 0.3 is 0 Å². The number of nitrogens with zero attached hydrogens (tertiary/aromatic N) is 2. The van der Waals surface area contributed by atoms with Crippen LogP contribution in [0.4, 0.5) is 0 Å². The highest BCUT2D eigenvalue weighted by Gasteiger charge is 2.47. The van der Waals surface area contributed by atoms with Gasteiger partial charge in [0.25, 0.3) is 0 Å². The van der Waals surface area contributed by atoms with Crippen LogP contribution in [0.2, 0.25) is 0 Å². The Morgan fingerprint density at radius 3 is 2.39 bits per heavy atom. The number of carbonyl (C=O) groups is 1. The lowest BCUT2D eigenvalue weighted by atomic mass is 9.71. The zero-order valence-electron chi connectivity index (χ0n) is 10.2. The minimum Gasteiger partial charge on any atom is -0.348 e. The molecule has 1 saturated carbocycles. The van der Waals surface area contributed by atoms with Crippen LogP contribution in [0.1, 0.15) is 31.4 Å². The van der Waals surface area contributed by atoms with Crippen molar-refractivity contribution in [3.05, 3.63) is 24.3 Å². The molecule has 2 aliphatic rings. The summed E-state index contributed by atoms with van der Waals surface area (Å²) in [6.45, 7) is 1.30. The number of hydrogen-bond acceptors (Lipinski definition) is 5. The minimum atomic E-state index is -0.519. The van der Waals surface area contributed by atoms with Crippen LogP contribution in [-0.4, -0.2) is 35.3 Å². The van der Waals surface area contributed by atoms with Crippen LogP contribution < -0.4 is 0 Å². The summed E-state index contributed by atoms with van der Waals surface area (Å²) in [6.07, 6.45) is 8.83. The molecule has 0 bridgehead atoms. The molecule has 3 rings (SSSR count). The van der Waals surface area contributed by atoms with E-state index in [1.807, 2.05) is 0 Å². The van der Waals surface area contributed by atoms with Gasteiger partial charge in [-0.25, -0.2) is 0 Å². The van der Waals surface area contributed by atoms with Crippen molar-refractivity contribution in [3.63, 3.8) is 0 Å². The monoisotopic (exact) mass is 248 g/mol. The van der Waals surface area contributed by atoms with Crippen molar-refractivity contribution in [2.24, 2.45) is 0 Å². The third-order valence-electron chi connectivity index (χ3n) is 4.02. The molecule has 0 aromatic carbocycles. The van der Waals surface area contributed by atoms with E-state index in [-0.39, 0.29) is 0 Å². The maximum Gasteiger partial charge on any atom is 0.168 e. The summed E-state index contributed by atoms with van der Waals surface area (Å²) in [6, 6.07) is 0. The van der Waals surface area contributed by atoms with Gasteiger partial charge in [-0.05, 0) is 12.8 Å². The van der Waals surface area contributed by atoms with Crippen molar-refractivity contribution < 1.29 is 14.3 Å². The highest BCUT2D eigenvalue weighted by atomic mass is 16.7. The molecular weight excluding hydrogens is 232 g/mol. The summed E-state index contributed by atoms with van der Waals surface area (Å²) < 4.78 is 11.4. The molecule has 1 spiro atoms. The Bertz CT molecular complexity index is 419. The Morgan fingerprint density at radius 1 is 1.11 bits per heavy atom.